The highest BCUT2D eigenvalue weighted by Crippen LogP contribution is 2.50. The molecule has 11 nitrogen and oxygen atoms in total. The number of hydrogen-bond donors (Lipinski definition) is 2. The number of benzene rings is 2. The molecule has 3 unspecified atom stereocenters. The lowest BCUT2D eigenvalue weighted by atomic mass is 9.94. The summed E-state index contributed by atoms with van der Waals surface area (Å²) in [6, 6.07) is 9.89. The third kappa shape index (κ3) is 6.97. The zero-order valence-electron chi connectivity index (χ0n) is 29.7. The maximum atomic E-state index is 14.2. The first-order valence-electron chi connectivity index (χ1n) is 16.7. The predicted octanol–water partition coefficient (Wildman–Crippen LogP) is 5.29. The molecule has 49 heavy (non-hydrogen) atoms. The summed E-state index contributed by atoms with van der Waals surface area (Å²) < 4.78 is 28.3. The Morgan fingerprint density at radius 3 is 2.12 bits per heavy atom. The molecule has 0 bridgehead atoms. The Morgan fingerprint density at radius 2 is 1.51 bits per heavy atom. The van der Waals surface area contributed by atoms with Gasteiger partial charge in [-0.3, -0.25) is 14.4 Å². The predicted molar refractivity (Wildman–Crippen MR) is 188 cm³/mol. The van der Waals surface area contributed by atoms with E-state index < -0.39 is 12.1 Å². The molecule has 3 aromatic rings. The zero-order chi connectivity index (χ0) is 35.4. The summed E-state index contributed by atoms with van der Waals surface area (Å²) in [6.45, 7) is 6.47. The fourth-order valence-corrected chi connectivity index (χ4v) is 6.95. The molecule has 0 aromatic heterocycles. The zero-order valence-corrected chi connectivity index (χ0v) is 29.7. The Morgan fingerprint density at radius 1 is 0.857 bits per heavy atom. The monoisotopic (exact) mass is 673 g/mol. The van der Waals surface area contributed by atoms with Gasteiger partial charge in [-0.15, -0.1) is 0 Å². The molecular weight excluding hydrogens is 626 g/mol. The molecule has 2 N–H and O–H groups in total. The number of ether oxygens (including phenoxy) is 5. The Balaban J connectivity index is 1.57. The SMILES string of the molecule is CCC(C)C(Nc1ccc2c(cc1=O)C(NC(C)=O)CCc1cc(OC)c(OC)c(OC)c1-2)C(=O)N1CCc2cc(OC)c(OC)cc2C1. The van der Waals surface area contributed by atoms with Crippen LogP contribution >= 0.6 is 0 Å². The fourth-order valence-electron chi connectivity index (χ4n) is 6.95. The van der Waals surface area contributed by atoms with Gasteiger partial charge in [0.1, 0.15) is 6.04 Å². The summed E-state index contributed by atoms with van der Waals surface area (Å²) in [4.78, 5) is 42.5. The van der Waals surface area contributed by atoms with Crippen LogP contribution in [0.15, 0.2) is 41.2 Å². The van der Waals surface area contributed by atoms with Crippen molar-refractivity contribution in [3.05, 3.63) is 68.9 Å². The quantitative estimate of drug-likeness (QED) is 0.279. The van der Waals surface area contributed by atoms with E-state index in [2.05, 4.69) is 10.6 Å². The van der Waals surface area contributed by atoms with Crippen molar-refractivity contribution in [3.8, 4) is 39.9 Å². The Hall–Kier alpha value is -4.93. The van der Waals surface area contributed by atoms with Crippen LogP contribution in [0.1, 0.15) is 61.9 Å². The number of fused-ring (bicyclic) bond motifs is 4. The van der Waals surface area contributed by atoms with E-state index >= 15 is 0 Å². The highest BCUT2D eigenvalue weighted by atomic mass is 16.5. The third-order valence-electron chi connectivity index (χ3n) is 9.74. The topological polar surface area (TPSA) is 125 Å². The Labute approximate surface area is 287 Å². The highest BCUT2D eigenvalue weighted by Gasteiger charge is 2.33. The number of methoxy groups -OCH3 is 5. The summed E-state index contributed by atoms with van der Waals surface area (Å²) in [7, 11) is 7.89. The number of nitrogens with one attached hydrogen (secondary N) is 2. The van der Waals surface area contributed by atoms with Crippen LogP contribution in [0.4, 0.5) is 5.69 Å². The molecule has 0 radical (unpaired) electrons. The smallest absolute Gasteiger partial charge is 0.245 e. The lowest BCUT2D eigenvalue weighted by molar-refractivity contribution is -0.134. The summed E-state index contributed by atoms with van der Waals surface area (Å²) in [6.07, 6.45) is 2.54. The molecule has 0 fully saturated rings. The third-order valence-corrected chi connectivity index (χ3v) is 9.74. The molecule has 3 atom stereocenters. The van der Waals surface area contributed by atoms with Crippen LogP contribution in [0.5, 0.6) is 28.7 Å². The van der Waals surface area contributed by atoms with Gasteiger partial charge < -0.3 is 39.2 Å². The number of nitrogens with zero attached hydrogens (tertiary/aromatic N) is 1. The van der Waals surface area contributed by atoms with Crippen molar-refractivity contribution in [2.24, 2.45) is 5.92 Å². The van der Waals surface area contributed by atoms with E-state index in [9.17, 15) is 14.4 Å². The van der Waals surface area contributed by atoms with Gasteiger partial charge in [0.05, 0.1) is 47.3 Å². The van der Waals surface area contributed by atoms with E-state index in [0.29, 0.717) is 66.7 Å². The first-order valence-corrected chi connectivity index (χ1v) is 16.7. The second-order valence-electron chi connectivity index (χ2n) is 12.6. The number of aryl methyl sites for hydroxylation is 1. The van der Waals surface area contributed by atoms with Crippen molar-refractivity contribution in [2.75, 3.05) is 47.4 Å². The molecule has 0 saturated heterocycles. The molecule has 3 aromatic carbocycles. The molecular formula is C38H47N3O8. The summed E-state index contributed by atoms with van der Waals surface area (Å²) in [5.41, 5.74) is 5.19. The van der Waals surface area contributed by atoms with Crippen molar-refractivity contribution in [1.29, 1.82) is 0 Å². The molecule has 1 heterocycles. The molecule has 5 rings (SSSR count). The lowest BCUT2D eigenvalue weighted by Gasteiger charge is -2.34. The lowest BCUT2D eigenvalue weighted by Crippen LogP contribution is -2.48. The van der Waals surface area contributed by atoms with Crippen molar-refractivity contribution < 1.29 is 33.3 Å². The van der Waals surface area contributed by atoms with Gasteiger partial charge in [-0.25, -0.2) is 0 Å². The number of hydrogen-bond acceptors (Lipinski definition) is 9. The van der Waals surface area contributed by atoms with Gasteiger partial charge in [-0.05, 0) is 83.3 Å². The van der Waals surface area contributed by atoms with Gasteiger partial charge in [0.15, 0.2) is 23.0 Å². The van der Waals surface area contributed by atoms with E-state index in [4.69, 9.17) is 23.7 Å². The second-order valence-corrected chi connectivity index (χ2v) is 12.6. The minimum Gasteiger partial charge on any atom is -0.493 e. The summed E-state index contributed by atoms with van der Waals surface area (Å²) >= 11 is 0. The first kappa shape index (κ1) is 35.4. The van der Waals surface area contributed by atoms with E-state index in [1.807, 2.05) is 43.0 Å². The molecule has 11 heteroatoms. The van der Waals surface area contributed by atoms with Crippen molar-refractivity contribution >= 4 is 17.5 Å². The van der Waals surface area contributed by atoms with Crippen LogP contribution in [0.3, 0.4) is 0 Å². The molecule has 1 aliphatic heterocycles. The van der Waals surface area contributed by atoms with Crippen molar-refractivity contribution in [2.45, 2.75) is 65.1 Å². The fraction of sp³-hybridized carbons (Fsp3) is 0.447. The summed E-state index contributed by atoms with van der Waals surface area (Å²) in [5, 5.41) is 6.40. The Bertz CT molecular complexity index is 1790. The van der Waals surface area contributed by atoms with E-state index in [1.165, 1.54) is 6.92 Å². The highest BCUT2D eigenvalue weighted by molar-refractivity contribution is 5.86. The summed E-state index contributed by atoms with van der Waals surface area (Å²) in [5.74, 6) is 2.35. The van der Waals surface area contributed by atoms with E-state index in [-0.39, 0.29) is 28.8 Å². The molecule has 2 aliphatic rings. The van der Waals surface area contributed by atoms with Gasteiger partial charge in [0.2, 0.25) is 23.0 Å². The number of amides is 2. The van der Waals surface area contributed by atoms with Gasteiger partial charge in [0, 0.05) is 25.6 Å². The molecule has 0 spiro atoms. The number of anilines is 1. The van der Waals surface area contributed by atoms with Crippen LogP contribution in [-0.4, -0.2) is 64.8 Å². The second kappa shape index (κ2) is 15.1. The Kier molecular flexibility index (Phi) is 10.9. The van der Waals surface area contributed by atoms with Crippen LogP contribution in [0.2, 0.25) is 0 Å². The van der Waals surface area contributed by atoms with E-state index in [0.717, 1.165) is 34.2 Å². The van der Waals surface area contributed by atoms with Gasteiger partial charge in [-0.1, -0.05) is 26.3 Å². The standard InChI is InChI=1S/C38H47N3O8/c1-9-21(2)35(38(44)41-15-14-23-16-31(45-4)32(46-5)18-25(23)20-41)40-29-13-11-26-27(19-30(29)43)28(39-22(3)42)12-10-24-17-33(47-6)36(48-7)37(49-8)34(24)26/h11,13,16-19,21,28,35H,9-10,12,14-15,20H2,1-8H3,(H,39,42)(H,40,43). The first-order chi connectivity index (χ1) is 23.6. The van der Waals surface area contributed by atoms with Crippen LogP contribution in [0, 0.1) is 5.92 Å². The largest absolute Gasteiger partial charge is 0.493 e. The van der Waals surface area contributed by atoms with Gasteiger partial charge in [-0.2, -0.15) is 0 Å². The van der Waals surface area contributed by atoms with E-state index in [1.54, 1.807) is 47.7 Å². The van der Waals surface area contributed by atoms with Gasteiger partial charge >= 0.3 is 0 Å². The molecule has 0 saturated carbocycles. The van der Waals surface area contributed by atoms with Crippen LogP contribution < -0.4 is 39.7 Å². The average molecular weight is 674 g/mol. The van der Waals surface area contributed by atoms with Crippen LogP contribution in [-0.2, 0) is 29.0 Å². The maximum absolute atomic E-state index is 14.2. The molecule has 2 amide bonds. The molecule has 262 valence electrons. The van der Waals surface area contributed by atoms with Crippen molar-refractivity contribution in [3.63, 3.8) is 0 Å². The van der Waals surface area contributed by atoms with Crippen LogP contribution in [0.25, 0.3) is 11.1 Å². The number of carbonyl (C=O) groups excluding carboxylic acids is 2. The maximum Gasteiger partial charge on any atom is 0.245 e. The normalized spacial score (nSPS) is 16.1. The number of carbonyl (C=O) groups is 2. The minimum atomic E-state index is -0.654. The van der Waals surface area contributed by atoms with Crippen molar-refractivity contribution in [1.82, 2.24) is 10.2 Å². The van der Waals surface area contributed by atoms with Gasteiger partial charge in [0.25, 0.3) is 0 Å². The molecule has 1 aliphatic carbocycles. The average Bonchev–Trinajstić information content (AvgIpc) is 3.35. The minimum absolute atomic E-state index is 0.0771. The number of rotatable bonds is 11.